The third-order valence-corrected chi connectivity index (χ3v) is 13.7. The monoisotopic (exact) mass is 878 g/mol. The minimum Gasteiger partial charge on any atom is -0.497 e. The maximum atomic E-state index is 13.4. The Morgan fingerprint density at radius 1 is 0.606 bits per heavy atom. The number of nitrogens with zero attached hydrogens (tertiary/aromatic N) is 5. The fraction of sp³-hybridized carbons (Fsp3) is 0.255. The Labute approximate surface area is 385 Å². The number of nitrogens with one attached hydrogen (secondary N) is 1. The summed E-state index contributed by atoms with van der Waals surface area (Å²) in [7, 11) is 3.31. The number of aromatic nitrogens is 4. The number of aliphatic hydroxyl groups is 2. The highest BCUT2D eigenvalue weighted by Gasteiger charge is 2.57. The standard InChI is InChI=1S/C55H54N6O5/c1-64-44-30-26-40(27-31-44)54(38-18-8-3-9-19-38,39-20-10-4-11-21-39)50(63)49-48(62)47(60-34-16-7-17-35-60)53(66-49)61-37-58-46-51(56-36-57-52(46)61)59-55(41-22-12-5-13-23-41,42-24-14-6-15-25-42)43-28-32-45(65-2)33-29-43/h3-6,8-15,18-33,36-37,47-50,53,62-63H,7,16-17,34-35H2,1-2H3,(H,56,57,59)/t47?,48-,49-,50?,53+/m0/s1. The molecule has 10 rings (SSSR count). The summed E-state index contributed by atoms with van der Waals surface area (Å²) in [6, 6.07) is 56.0. The summed E-state index contributed by atoms with van der Waals surface area (Å²) in [5.41, 5.74) is 4.46. The number of anilines is 1. The fourth-order valence-electron chi connectivity index (χ4n) is 10.5. The molecular weight excluding hydrogens is 825 g/mol. The van der Waals surface area contributed by atoms with Gasteiger partial charge in [0.25, 0.3) is 0 Å². The highest BCUT2D eigenvalue weighted by molar-refractivity contribution is 5.84. The molecule has 2 unspecified atom stereocenters. The van der Waals surface area contributed by atoms with Gasteiger partial charge in [0.15, 0.2) is 23.2 Å². The van der Waals surface area contributed by atoms with Crippen molar-refractivity contribution in [1.29, 1.82) is 0 Å². The van der Waals surface area contributed by atoms with Crippen LogP contribution in [-0.4, -0.2) is 86.3 Å². The molecule has 6 aromatic carbocycles. The van der Waals surface area contributed by atoms with Gasteiger partial charge in [0.1, 0.15) is 41.7 Å². The molecule has 66 heavy (non-hydrogen) atoms. The molecule has 4 heterocycles. The molecule has 334 valence electrons. The molecule has 8 aromatic rings. The quantitative estimate of drug-likeness (QED) is 0.0914. The first-order valence-electron chi connectivity index (χ1n) is 22.7. The van der Waals surface area contributed by atoms with E-state index >= 15 is 0 Å². The van der Waals surface area contributed by atoms with Gasteiger partial charge in [-0.25, -0.2) is 15.0 Å². The predicted octanol–water partition coefficient (Wildman–Crippen LogP) is 8.76. The largest absolute Gasteiger partial charge is 0.497 e. The van der Waals surface area contributed by atoms with Crippen molar-refractivity contribution in [3.05, 3.63) is 216 Å². The zero-order chi connectivity index (χ0) is 45.1. The lowest BCUT2D eigenvalue weighted by Crippen LogP contribution is -2.54. The molecule has 0 spiro atoms. The molecule has 2 saturated heterocycles. The second kappa shape index (κ2) is 18.5. The van der Waals surface area contributed by atoms with Crippen LogP contribution in [0.1, 0.15) is 58.9 Å². The van der Waals surface area contributed by atoms with E-state index in [-0.39, 0.29) is 0 Å². The Morgan fingerprint density at radius 2 is 1.08 bits per heavy atom. The highest BCUT2D eigenvalue weighted by Crippen LogP contribution is 2.49. The number of ether oxygens (including phenoxy) is 3. The number of piperidine rings is 1. The lowest BCUT2D eigenvalue weighted by molar-refractivity contribution is -0.0967. The minimum atomic E-state index is -1.27. The predicted molar refractivity (Wildman–Crippen MR) is 256 cm³/mol. The molecule has 11 heteroatoms. The van der Waals surface area contributed by atoms with Crippen LogP contribution in [0.5, 0.6) is 11.5 Å². The molecule has 2 aromatic heterocycles. The van der Waals surface area contributed by atoms with Crippen LogP contribution in [0, 0.1) is 0 Å². The van der Waals surface area contributed by atoms with E-state index in [4.69, 9.17) is 29.2 Å². The zero-order valence-corrected chi connectivity index (χ0v) is 37.1. The van der Waals surface area contributed by atoms with Gasteiger partial charge in [-0.05, 0) is 83.6 Å². The van der Waals surface area contributed by atoms with E-state index in [2.05, 4.69) is 46.6 Å². The van der Waals surface area contributed by atoms with Crippen molar-refractivity contribution in [3.8, 4) is 11.5 Å². The van der Waals surface area contributed by atoms with Gasteiger partial charge in [-0.2, -0.15) is 0 Å². The van der Waals surface area contributed by atoms with E-state index in [9.17, 15) is 10.2 Å². The molecule has 0 bridgehead atoms. The van der Waals surface area contributed by atoms with Crippen LogP contribution in [0.25, 0.3) is 11.2 Å². The zero-order valence-electron chi connectivity index (χ0n) is 37.1. The van der Waals surface area contributed by atoms with Gasteiger partial charge in [-0.1, -0.05) is 152 Å². The van der Waals surface area contributed by atoms with Crippen LogP contribution in [0.15, 0.2) is 183 Å². The molecule has 0 radical (unpaired) electrons. The Kier molecular flexibility index (Phi) is 12.1. The number of methoxy groups -OCH3 is 2. The fourth-order valence-corrected chi connectivity index (χ4v) is 10.5. The number of hydrogen-bond acceptors (Lipinski definition) is 10. The first-order chi connectivity index (χ1) is 32.5. The third-order valence-electron chi connectivity index (χ3n) is 13.7. The number of fused-ring (bicyclic) bond motifs is 1. The summed E-state index contributed by atoms with van der Waals surface area (Å²) < 4.78 is 20.3. The van der Waals surface area contributed by atoms with E-state index < -0.39 is 41.5 Å². The number of likely N-dealkylation sites (tertiary alicyclic amines) is 1. The van der Waals surface area contributed by atoms with Crippen LogP contribution in [-0.2, 0) is 15.7 Å². The number of rotatable bonds is 14. The summed E-state index contributed by atoms with van der Waals surface area (Å²) in [6.07, 6.45) is 2.15. The van der Waals surface area contributed by atoms with Crippen molar-refractivity contribution in [1.82, 2.24) is 24.4 Å². The average molecular weight is 879 g/mol. The Hall–Kier alpha value is -6.89. The van der Waals surface area contributed by atoms with Gasteiger partial charge in [0, 0.05) is 0 Å². The van der Waals surface area contributed by atoms with Crippen molar-refractivity contribution >= 4 is 17.0 Å². The second-order valence-corrected chi connectivity index (χ2v) is 17.2. The number of benzene rings is 6. The van der Waals surface area contributed by atoms with E-state index in [1.807, 2.05) is 138 Å². The van der Waals surface area contributed by atoms with Crippen molar-refractivity contribution < 1.29 is 24.4 Å². The molecule has 5 atom stereocenters. The van der Waals surface area contributed by atoms with Crippen LogP contribution < -0.4 is 14.8 Å². The lowest BCUT2D eigenvalue weighted by atomic mass is 9.64. The first kappa shape index (κ1) is 43.0. The van der Waals surface area contributed by atoms with Gasteiger partial charge in [0.05, 0.1) is 32.0 Å². The molecule has 0 saturated carbocycles. The smallest absolute Gasteiger partial charge is 0.167 e. The number of imidazole rings is 1. The highest BCUT2D eigenvalue weighted by atomic mass is 16.5. The van der Waals surface area contributed by atoms with E-state index in [0.29, 0.717) is 22.7 Å². The van der Waals surface area contributed by atoms with Crippen molar-refractivity contribution in [3.63, 3.8) is 0 Å². The maximum absolute atomic E-state index is 13.4. The first-order valence-corrected chi connectivity index (χ1v) is 22.7. The molecule has 0 amide bonds. The molecule has 11 nitrogen and oxygen atoms in total. The van der Waals surface area contributed by atoms with Gasteiger partial charge < -0.3 is 29.7 Å². The summed E-state index contributed by atoms with van der Waals surface area (Å²) in [6.45, 7) is 1.55. The molecule has 0 aliphatic carbocycles. The third kappa shape index (κ3) is 7.47. The van der Waals surface area contributed by atoms with Gasteiger partial charge in [-0.15, -0.1) is 0 Å². The lowest BCUT2D eigenvalue weighted by Gasteiger charge is -2.43. The average Bonchev–Trinajstić information content (AvgIpc) is 3.98. The molecule has 2 fully saturated rings. The van der Waals surface area contributed by atoms with Gasteiger partial charge in [-0.3, -0.25) is 9.47 Å². The summed E-state index contributed by atoms with van der Waals surface area (Å²) in [5, 5.41) is 30.2. The number of hydrogen-bond donors (Lipinski definition) is 3. The van der Waals surface area contributed by atoms with Crippen molar-refractivity contribution in [2.24, 2.45) is 0 Å². The van der Waals surface area contributed by atoms with Gasteiger partial charge >= 0.3 is 0 Å². The Bertz CT molecular complexity index is 2750. The number of aliphatic hydroxyl groups excluding tert-OH is 2. The summed E-state index contributed by atoms with van der Waals surface area (Å²) in [5.74, 6) is 1.96. The van der Waals surface area contributed by atoms with E-state index in [1.165, 1.54) is 0 Å². The SMILES string of the molecule is COc1ccc(C(Nc2ncnc3c2ncn3[C@@H]2O[C@H](C(O)C(c3ccccc3)(c3ccccc3)c3ccc(OC)cc3)[C@@H](O)C2N2CCCCC2)(c2ccccc2)c2ccccc2)cc1. The topological polar surface area (TPSA) is 127 Å². The van der Waals surface area contributed by atoms with Crippen LogP contribution >= 0.6 is 0 Å². The minimum absolute atomic E-state index is 0.513. The van der Waals surface area contributed by atoms with Gasteiger partial charge in [0.2, 0.25) is 0 Å². The van der Waals surface area contributed by atoms with E-state index in [1.54, 1.807) is 26.9 Å². The van der Waals surface area contributed by atoms with Crippen LogP contribution in [0.4, 0.5) is 5.82 Å². The Morgan fingerprint density at radius 3 is 1.59 bits per heavy atom. The van der Waals surface area contributed by atoms with E-state index in [0.717, 1.165) is 71.5 Å². The maximum Gasteiger partial charge on any atom is 0.167 e. The molecule has 2 aliphatic rings. The van der Waals surface area contributed by atoms with Crippen LogP contribution in [0.3, 0.4) is 0 Å². The normalized spacial score (nSPS) is 19.6. The van der Waals surface area contributed by atoms with Crippen LogP contribution in [0.2, 0.25) is 0 Å². The molecular formula is C55H54N6O5. The Balaban J connectivity index is 1.11. The second-order valence-electron chi connectivity index (χ2n) is 17.2. The molecule has 2 aliphatic heterocycles. The van der Waals surface area contributed by atoms with Crippen molar-refractivity contribution in [2.75, 3.05) is 32.6 Å². The summed E-state index contributed by atoms with van der Waals surface area (Å²) >= 11 is 0. The van der Waals surface area contributed by atoms with Crippen molar-refractivity contribution in [2.45, 2.75) is 60.8 Å². The summed E-state index contributed by atoms with van der Waals surface area (Å²) in [4.78, 5) is 17.1. The molecule has 3 N–H and O–H groups in total.